The SMILES string of the molecule is Cc1cccc(Oc2ccc(NC(=O)CCCC(=O)OCC(=O)Nc3cc(C(F)(F)F)ccc3Cl)cc2)c1. The van der Waals surface area contributed by atoms with Crippen LogP contribution in [0.3, 0.4) is 0 Å². The fourth-order valence-corrected chi connectivity index (χ4v) is 3.40. The van der Waals surface area contributed by atoms with Crippen LogP contribution in [0.5, 0.6) is 11.5 Å². The van der Waals surface area contributed by atoms with Crippen LogP contribution in [0, 0.1) is 6.92 Å². The largest absolute Gasteiger partial charge is 0.457 e. The molecular weight excluding hydrogens is 525 g/mol. The van der Waals surface area contributed by atoms with Crippen molar-refractivity contribution in [1.29, 1.82) is 0 Å². The number of aryl methyl sites for hydroxylation is 1. The molecule has 7 nitrogen and oxygen atoms in total. The number of carbonyl (C=O) groups is 3. The van der Waals surface area contributed by atoms with Crippen LogP contribution in [0.2, 0.25) is 5.02 Å². The Balaban J connectivity index is 1.36. The molecule has 0 aliphatic rings. The summed E-state index contributed by atoms with van der Waals surface area (Å²) in [6, 6.07) is 16.9. The van der Waals surface area contributed by atoms with Gasteiger partial charge < -0.3 is 20.1 Å². The maximum absolute atomic E-state index is 12.8. The molecule has 0 aliphatic heterocycles. The summed E-state index contributed by atoms with van der Waals surface area (Å²) in [5, 5.41) is 4.79. The molecule has 3 aromatic rings. The standard InChI is InChI=1S/C27H24ClF3N2O5/c1-17-4-2-5-21(14-17)38-20-11-9-19(10-12-20)32-24(34)6-3-7-26(36)37-16-25(35)33-23-15-18(27(29,30)31)8-13-22(23)28/h2,4-5,8-15H,3,6-7,16H2,1H3,(H,32,34)(H,33,35). The van der Waals surface area contributed by atoms with Gasteiger partial charge in [-0.05, 0) is 73.5 Å². The van der Waals surface area contributed by atoms with Gasteiger partial charge in [0.2, 0.25) is 5.91 Å². The molecule has 3 aromatic carbocycles. The highest BCUT2D eigenvalue weighted by Gasteiger charge is 2.31. The van der Waals surface area contributed by atoms with Crippen LogP contribution in [0.15, 0.2) is 66.7 Å². The summed E-state index contributed by atoms with van der Waals surface area (Å²) in [7, 11) is 0. The van der Waals surface area contributed by atoms with Crippen LogP contribution in [-0.4, -0.2) is 24.4 Å². The third-order valence-electron chi connectivity index (χ3n) is 5.08. The van der Waals surface area contributed by atoms with Gasteiger partial charge in [-0.3, -0.25) is 14.4 Å². The first-order valence-electron chi connectivity index (χ1n) is 11.5. The average molecular weight is 549 g/mol. The summed E-state index contributed by atoms with van der Waals surface area (Å²) in [5.41, 5.74) is 0.380. The predicted molar refractivity (Wildman–Crippen MR) is 136 cm³/mol. The third kappa shape index (κ3) is 9.11. The van der Waals surface area contributed by atoms with Crippen molar-refractivity contribution in [3.05, 3.63) is 82.9 Å². The molecule has 0 saturated carbocycles. The first-order valence-corrected chi connectivity index (χ1v) is 11.8. The lowest BCUT2D eigenvalue weighted by Gasteiger charge is -2.12. The van der Waals surface area contributed by atoms with Crippen molar-refractivity contribution in [2.24, 2.45) is 0 Å². The molecule has 200 valence electrons. The lowest BCUT2D eigenvalue weighted by atomic mass is 10.2. The fourth-order valence-electron chi connectivity index (χ4n) is 3.24. The number of amides is 2. The van der Waals surface area contributed by atoms with Crippen LogP contribution < -0.4 is 15.4 Å². The molecule has 38 heavy (non-hydrogen) atoms. The quantitative estimate of drug-likeness (QED) is 0.273. The van der Waals surface area contributed by atoms with E-state index in [0.717, 1.165) is 17.7 Å². The number of carbonyl (C=O) groups excluding carboxylic acids is 3. The first kappa shape index (κ1) is 28.5. The van der Waals surface area contributed by atoms with Crippen LogP contribution in [-0.2, 0) is 25.3 Å². The Bertz CT molecular complexity index is 1300. The van der Waals surface area contributed by atoms with E-state index in [1.165, 1.54) is 0 Å². The summed E-state index contributed by atoms with van der Waals surface area (Å²) >= 11 is 5.82. The van der Waals surface area contributed by atoms with Gasteiger partial charge in [0.05, 0.1) is 16.3 Å². The zero-order valence-corrected chi connectivity index (χ0v) is 21.0. The number of hydrogen-bond acceptors (Lipinski definition) is 5. The highest BCUT2D eigenvalue weighted by Crippen LogP contribution is 2.33. The Morgan fingerprint density at radius 1 is 0.868 bits per heavy atom. The molecule has 0 aliphatic carbocycles. The van der Waals surface area contributed by atoms with E-state index >= 15 is 0 Å². The van der Waals surface area contributed by atoms with Crippen LogP contribution >= 0.6 is 11.6 Å². The molecule has 0 unspecified atom stereocenters. The van der Waals surface area contributed by atoms with E-state index in [1.54, 1.807) is 24.3 Å². The zero-order chi connectivity index (χ0) is 27.7. The van der Waals surface area contributed by atoms with Crippen molar-refractivity contribution >= 4 is 40.8 Å². The molecule has 0 bridgehead atoms. The van der Waals surface area contributed by atoms with Gasteiger partial charge in [-0.25, -0.2) is 0 Å². The average Bonchev–Trinajstić information content (AvgIpc) is 2.85. The Hall–Kier alpha value is -4.05. The van der Waals surface area contributed by atoms with Gasteiger partial charge in [-0.15, -0.1) is 0 Å². The molecule has 0 radical (unpaired) electrons. The number of esters is 1. The van der Waals surface area contributed by atoms with Crippen LogP contribution in [0.25, 0.3) is 0 Å². The summed E-state index contributed by atoms with van der Waals surface area (Å²) in [6.45, 7) is 1.25. The van der Waals surface area contributed by atoms with Crippen molar-refractivity contribution in [2.75, 3.05) is 17.2 Å². The van der Waals surface area contributed by atoms with Gasteiger partial charge in [0.25, 0.3) is 5.91 Å². The fraction of sp³-hybridized carbons (Fsp3) is 0.222. The van der Waals surface area contributed by atoms with Gasteiger partial charge in [-0.2, -0.15) is 13.2 Å². The molecule has 11 heteroatoms. The van der Waals surface area contributed by atoms with E-state index < -0.39 is 30.2 Å². The molecule has 0 saturated heterocycles. The summed E-state index contributed by atoms with van der Waals surface area (Å²) in [5.74, 6) is -0.601. The monoisotopic (exact) mass is 548 g/mol. The number of ether oxygens (including phenoxy) is 2. The second-order valence-electron chi connectivity index (χ2n) is 8.25. The molecule has 2 N–H and O–H groups in total. The number of alkyl halides is 3. The highest BCUT2D eigenvalue weighted by molar-refractivity contribution is 6.33. The minimum Gasteiger partial charge on any atom is -0.457 e. The third-order valence-corrected chi connectivity index (χ3v) is 5.41. The number of rotatable bonds is 10. The number of hydrogen-bond donors (Lipinski definition) is 2. The topological polar surface area (TPSA) is 93.7 Å². The molecule has 0 atom stereocenters. The van der Waals surface area contributed by atoms with Crippen molar-refractivity contribution in [3.8, 4) is 11.5 Å². The Morgan fingerprint density at radius 2 is 1.61 bits per heavy atom. The normalized spacial score (nSPS) is 11.0. The molecule has 0 spiro atoms. The molecule has 2 amide bonds. The summed E-state index contributed by atoms with van der Waals surface area (Å²) < 4.78 is 49.1. The van der Waals surface area contributed by atoms with Gasteiger partial charge in [0.1, 0.15) is 11.5 Å². The van der Waals surface area contributed by atoms with Gasteiger partial charge in [0, 0.05) is 18.5 Å². The van der Waals surface area contributed by atoms with Gasteiger partial charge in [-0.1, -0.05) is 23.7 Å². The van der Waals surface area contributed by atoms with Crippen LogP contribution in [0.4, 0.5) is 24.5 Å². The Kier molecular flexibility index (Phi) is 9.72. The van der Waals surface area contributed by atoms with Crippen molar-refractivity contribution in [3.63, 3.8) is 0 Å². The minimum absolute atomic E-state index is 0.0304. The smallest absolute Gasteiger partial charge is 0.416 e. The first-order chi connectivity index (χ1) is 18.0. The Morgan fingerprint density at radius 3 is 2.29 bits per heavy atom. The van der Waals surface area contributed by atoms with Gasteiger partial charge >= 0.3 is 12.1 Å². The minimum atomic E-state index is -4.61. The molecule has 0 aromatic heterocycles. The maximum atomic E-state index is 12.8. The number of anilines is 2. The number of halogens is 4. The maximum Gasteiger partial charge on any atom is 0.416 e. The van der Waals surface area contributed by atoms with E-state index in [2.05, 4.69) is 10.6 Å². The zero-order valence-electron chi connectivity index (χ0n) is 20.2. The van der Waals surface area contributed by atoms with E-state index in [-0.39, 0.29) is 35.9 Å². The molecule has 3 rings (SSSR count). The molecule has 0 fully saturated rings. The van der Waals surface area contributed by atoms with Crippen LogP contribution in [0.1, 0.15) is 30.4 Å². The lowest BCUT2D eigenvalue weighted by molar-refractivity contribution is -0.147. The van der Waals surface area contributed by atoms with E-state index in [9.17, 15) is 27.6 Å². The van der Waals surface area contributed by atoms with E-state index in [1.807, 2.05) is 31.2 Å². The predicted octanol–water partition coefficient (Wildman–Crippen LogP) is 6.75. The summed E-state index contributed by atoms with van der Waals surface area (Å²) in [6.07, 6.45) is -4.54. The second-order valence-corrected chi connectivity index (χ2v) is 8.65. The van der Waals surface area contributed by atoms with E-state index in [4.69, 9.17) is 21.1 Å². The second kappa shape index (κ2) is 13.0. The van der Waals surface area contributed by atoms with Crippen molar-refractivity contribution in [2.45, 2.75) is 32.4 Å². The molecular formula is C27H24ClF3N2O5. The van der Waals surface area contributed by atoms with Crippen molar-refractivity contribution < 1.29 is 37.0 Å². The summed E-state index contributed by atoms with van der Waals surface area (Å²) in [4.78, 5) is 36.0. The molecule has 0 heterocycles. The lowest BCUT2D eigenvalue weighted by Crippen LogP contribution is -2.21. The number of benzene rings is 3. The Labute approximate surface area is 221 Å². The van der Waals surface area contributed by atoms with Crippen molar-refractivity contribution in [1.82, 2.24) is 0 Å². The van der Waals surface area contributed by atoms with Gasteiger partial charge in [0.15, 0.2) is 6.61 Å². The number of nitrogens with one attached hydrogen (secondary N) is 2. The highest BCUT2D eigenvalue weighted by atomic mass is 35.5. The van der Waals surface area contributed by atoms with E-state index in [0.29, 0.717) is 23.3 Å².